The van der Waals surface area contributed by atoms with Gasteiger partial charge in [-0.2, -0.15) is 10.2 Å². The van der Waals surface area contributed by atoms with Gasteiger partial charge in [0.1, 0.15) is 12.1 Å². The molecule has 9 heteroatoms. The zero-order valence-corrected chi connectivity index (χ0v) is 13.4. The monoisotopic (exact) mass is 328 g/mol. The highest BCUT2D eigenvalue weighted by Gasteiger charge is 2.20. The molecule has 0 fully saturated rings. The van der Waals surface area contributed by atoms with Crippen LogP contribution in [0.1, 0.15) is 27.4 Å². The van der Waals surface area contributed by atoms with Crippen LogP contribution in [0.15, 0.2) is 18.3 Å². The maximum atomic E-state index is 12.6. The topological polar surface area (TPSA) is 114 Å². The molecular weight excluding hydrogens is 312 g/mol. The summed E-state index contributed by atoms with van der Waals surface area (Å²) >= 11 is 0. The SMILES string of the molecule is Cc1cc(C)n2nc(C)c(C(=O)Nc3ccn(CC(=O)O)n3)c2n1. The highest BCUT2D eigenvalue weighted by molar-refractivity contribution is 6.08. The van der Waals surface area contributed by atoms with E-state index < -0.39 is 5.97 Å². The number of nitrogens with zero attached hydrogens (tertiary/aromatic N) is 5. The van der Waals surface area contributed by atoms with Crippen LogP contribution < -0.4 is 5.32 Å². The van der Waals surface area contributed by atoms with Crippen molar-refractivity contribution in [1.29, 1.82) is 0 Å². The number of carbonyl (C=O) groups is 2. The number of carbonyl (C=O) groups excluding carboxylic acids is 1. The molecule has 0 aliphatic rings. The third-order valence-electron chi connectivity index (χ3n) is 3.48. The first-order valence-electron chi connectivity index (χ1n) is 7.25. The van der Waals surface area contributed by atoms with Crippen molar-refractivity contribution in [2.75, 3.05) is 5.32 Å². The number of anilines is 1. The van der Waals surface area contributed by atoms with Crippen LogP contribution in [0.2, 0.25) is 0 Å². The fraction of sp³-hybridized carbons (Fsp3) is 0.267. The molecule has 9 nitrogen and oxygen atoms in total. The smallest absolute Gasteiger partial charge is 0.325 e. The Kier molecular flexibility index (Phi) is 3.76. The predicted molar refractivity (Wildman–Crippen MR) is 85.0 cm³/mol. The van der Waals surface area contributed by atoms with Gasteiger partial charge in [0.25, 0.3) is 5.91 Å². The van der Waals surface area contributed by atoms with E-state index >= 15 is 0 Å². The van der Waals surface area contributed by atoms with Gasteiger partial charge in [-0.05, 0) is 26.8 Å². The van der Waals surface area contributed by atoms with Crippen molar-refractivity contribution < 1.29 is 14.7 Å². The van der Waals surface area contributed by atoms with Crippen molar-refractivity contribution in [1.82, 2.24) is 24.4 Å². The van der Waals surface area contributed by atoms with Crippen LogP contribution in [0.4, 0.5) is 5.82 Å². The number of hydrogen-bond acceptors (Lipinski definition) is 5. The van der Waals surface area contributed by atoms with Crippen LogP contribution in [-0.2, 0) is 11.3 Å². The first-order valence-corrected chi connectivity index (χ1v) is 7.25. The Morgan fingerprint density at radius 2 is 2.00 bits per heavy atom. The van der Waals surface area contributed by atoms with Crippen molar-refractivity contribution in [3.63, 3.8) is 0 Å². The molecule has 2 N–H and O–H groups in total. The Bertz CT molecular complexity index is 956. The Morgan fingerprint density at radius 3 is 2.71 bits per heavy atom. The number of carboxylic acids is 1. The van der Waals surface area contributed by atoms with Crippen molar-refractivity contribution in [2.24, 2.45) is 0 Å². The number of aryl methyl sites for hydroxylation is 3. The number of fused-ring (bicyclic) bond motifs is 1. The quantitative estimate of drug-likeness (QED) is 0.743. The van der Waals surface area contributed by atoms with Crippen LogP contribution in [0.5, 0.6) is 0 Å². The number of rotatable bonds is 4. The number of hydrogen-bond donors (Lipinski definition) is 2. The minimum absolute atomic E-state index is 0.268. The number of amides is 1. The van der Waals surface area contributed by atoms with Crippen LogP contribution in [0.25, 0.3) is 5.65 Å². The number of aromatic nitrogens is 5. The van der Waals surface area contributed by atoms with E-state index in [2.05, 4.69) is 20.5 Å². The average Bonchev–Trinajstić information content (AvgIpc) is 3.02. The average molecular weight is 328 g/mol. The first-order chi connectivity index (χ1) is 11.3. The molecule has 24 heavy (non-hydrogen) atoms. The lowest BCUT2D eigenvalue weighted by atomic mass is 10.2. The van der Waals surface area contributed by atoms with Crippen molar-refractivity contribution >= 4 is 23.3 Å². The molecule has 0 saturated heterocycles. The summed E-state index contributed by atoms with van der Waals surface area (Å²) in [6, 6.07) is 3.42. The fourth-order valence-corrected chi connectivity index (χ4v) is 2.53. The summed E-state index contributed by atoms with van der Waals surface area (Å²) in [7, 11) is 0. The van der Waals surface area contributed by atoms with E-state index in [1.54, 1.807) is 11.4 Å². The summed E-state index contributed by atoms with van der Waals surface area (Å²) in [6.45, 7) is 5.21. The van der Waals surface area contributed by atoms with Gasteiger partial charge in [0.05, 0.1) is 5.69 Å². The Hall–Kier alpha value is -3.23. The number of nitrogens with one attached hydrogen (secondary N) is 1. The molecule has 3 rings (SSSR count). The molecular formula is C15H16N6O3. The summed E-state index contributed by atoms with van der Waals surface area (Å²) in [4.78, 5) is 27.7. The molecule has 0 saturated carbocycles. The standard InChI is InChI=1S/C15H16N6O3/c1-8-6-9(2)21-14(16-8)13(10(3)18-21)15(24)17-11-4-5-20(19-11)7-12(22)23/h4-6H,7H2,1-3H3,(H,22,23)(H,17,19,24). The number of carboxylic acid groups (broad SMARTS) is 1. The molecule has 0 aliphatic carbocycles. The van der Waals surface area contributed by atoms with Crippen LogP contribution >= 0.6 is 0 Å². The van der Waals surface area contributed by atoms with E-state index in [0.29, 0.717) is 16.9 Å². The van der Waals surface area contributed by atoms with Crippen LogP contribution in [0.3, 0.4) is 0 Å². The molecule has 0 aromatic carbocycles. The molecule has 3 aromatic rings. The van der Waals surface area contributed by atoms with Gasteiger partial charge in [-0.3, -0.25) is 14.3 Å². The molecule has 124 valence electrons. The second-order valence-corrected chi connectivity index (χ2v) is 5.48. The third kappa shape index (κ3) is 2.83. The van der Waals surface area contributed by atoms with Crippen molar-refractivity contribution in [3.05, 3.63) is 41.0 Å². The molecule has 1 amide bonds. The summed E-state index contributed by atoms with van der Waals surface area (Å²) in [5.74, 6) is -1.13. The van der Waals surface area contributed by atoms with Gasteiger partial charge >= 0.3 is 5.97 Å². The van der Waals surface area contributed by atoms with Gasteiger partial charge in [-0.15, -0.1) is 0 Å². The molecule has 0 spiro atoms. The molecule has 0 radical (unpaired) electrons. The summed E-state index contributed by atoms with van der Waals surface area (Å²) in [5, 5.41) is 19.8. The van der Waals surface area contributed by atoms with Crippen LogP contribution in [0, 0.1) is 20.8 Å². The highest BCUT2D eigenvalue weighted by atomic mass is 16.4. The Balaban J connectivity index is 1.93. The summed E-state index contributed by atoms with van der Waals surface area (Å²) < 4.78 is 2.85. The summed E-state index contributed by atoms with van der Waals surface area (Å²) in [5.41, 5.74) is 3.07. The van der Waals surface area contributed by atoms with Crippen molar-refractivity contribution in [2.45, 2.75) is 27.3 Å². The molecule has 0 bridgehead atoms. The largest absolute Gasteiger partial charge is 0.480 e. The predicted octanol–water partition coefficient (Wildman–Crippen LogP) is 1.19. The highest BCUT2D eigenvalue weighted by Crippen LogP contribution is 2.17. The maximum Gasteiger partial charge on any atom is 0.325 e. The van der Waals surface area contributed by atoms with Gasteiger partial charge in [0.2, 0.25) is 0 Å². The van der Waals surface area contributed by atoms with Gasteiger partial charge in [0, 0.05) is 23.7 Å². The van der Waals surface area contributed by atoms with E-state index in [9.17, 15) is 9.59 Å². The van der Waals surface area contributed by atoms with Gasteiger partial charge in [-0.25, -0.2) is 9.50 Å². The third-order valence-corrected chi connectivity index (χ3v) is 3.48. The molecule has 0 atom stereocenters. The second-order valence-electron chi connectivity index (χ2n) is 5.48. The minimum atomic E-state index is -1.01. The minimum Gasteiger partial charge on any atom is -0.480 e. The molecule has 3 heterocycles. The maximum absolute atomic E-state index is 12.6. The normalized spacial score (nSPS) is 11.0. The summed E-state index contributed by atoms with van der Waals surface area (Å²) in [6.07, 6.45) is 1.49. The Labute approximate surface area is 136 Å². The molecule has 0 aliphatic heterocycles. The molecule has 0 unspecified atom stereocenters. The second kappa shape index (κ2) is 5.76. The van der Waals surface area contributed by atoms with Gasteiger partial charge < -0.3 is 10.4 Å². The van der Waals surface area contributed by atoms with Crippen LogP contribution in [-0.4, -0.2) is 41.4 Å². The van der Waals surface area contributed by atoms with Crippen molar-refractivity contribution in [3.8, 4) is 0 Å². The van der Waals surface area contributed by atoms with E-state index in [-0.39, 0.29) is 18.3 Å². The zero-order valence-electron chi connectivity index (χ0n) is 13.4. The number of aliphatic carboxylic acids is 1. The molecule has 3 aromatic heterocycles. The lowest BCUT2D eigenvalue weighted by Crippen LogP contribution is -2.15. The van der Waals surface area contributed by atoms with E-state index in [0.717, 1.165) is 11.4 Å². The first kappa shape index (κ1) is 15.7. The zero-order chi connectivity index (χ0) is 17.4. The lowest BCUT2D eigenvalue weighted by Gasteiger charge is -2.03. The Morgan fingerprint density at radius 1 is 1.25 bits per heavy atom. The van der Waals surface area contributed by atoms with E-state index in [1.165, 1.54) is 16.9 Å². The van der Waals surface area contributed by atoms with Gasteiger partial charge in [-0.1, -0.05) is 0 Å². The van der Waals surface area contributed by atoms with Gasteiger partial charge in [0.15, 0.2) is 11.5 Å². The lowest BCUT2D eigenvalue weighted by molar-refractivity contribution is -0.137. The van der Waals surface area contributed by atoms with E-state index in [1.807, 2.05) is 19.9 Å². The fourth-order valence-electron chi connectivity index (χ4n) is 2.53. The van der Waals surface area contributed by atoms with E-state index in [4.69, 9.17) is 5.11 Å².